The van der Waals surface area contributed by atoms with Gasteiger partial charge >= 0.3 is 0 Å². The first-order chi connectivity index (χ1) is 10.6. The monoisotopic (exact) mass is 362 g/mol. The second-order valence-electron chi connectivity index (χ2n) is 4.93. The topological polar surface area (TPSA) is 50.4 Å². The van der Waals surface area contributed by atoms with Gasteiger partial charge in [-0.1, -0.05) is 40.2 Å². The predicted molar refractivity (Wildman–Crippen MR) is 92.2 cm³/mol. The second-order valence-corrected chi connectivity index (χ2v) is 5.78. The average molecular weight is 363 g/mol. The fourth-order valence-electron chi connectivity index (χ4n) is 2.04. The summed E-state index contributed by atoms with van der Waals surface area (Å²) in [7, 11) is 1.64. The van der Waals surface area contributed by atoms with Crippen molar-refractivity contribution in [1.82, 2.24) is 5.32 Å². The lowest BCUT2D eigenvalue weighted by atomic mass is 10.2. The molecular formula is C17H19BrN2O2. The van der Waals surface area contributed by atoms with E-state index in [1.54, 1.807) is 7.11 Å². The Morgan fingerprint density at radius 2 is 2.00 bits per heavy atom. The highest BCUT2D eigenvalue weighted by molar-refractivity contribution is 9.10. The van der Waals surface area contributed by atoms with Gasteiger partial charge in [-0.25, -0.2) is 0 Å². The van der Waals surface area contributed by atoms with Crippen molar-refractivity contribution >= 4 is 27.5 Å². The molecule has 0 saturated heterocycles. The zero-order valence-electron chi connectivity index (χ0n) is 12.7. The number of benzene rings is 2. The molecule has 0 atom stereocenters. The number of ether oxygens (including phenoxy) is 1. The third-order valence-corrected chi connectivity index (χ3v) is 4.10. The summed E-state index contributed by atoms with van der Waals surface area (Å²) in [6.07, 6.45) is 0. The molecule has 2 aromatic carbocycles. The number of rotatable bonds is 6. The third-order valence-electron chi connectivity index (χ3n) is 3.25. The highest BCUT2D eigenvalue weighted by Crippen LogP contribution is 2.20. The molecule has 22 heavy (non-hydrogen) atoms. The average Bonchev–Trinajstić information content (AvgIpc) is 2.51. The highest BCUT2D eigenvalue weighted by atomic mass is 79.9. The third kappa shape index (κ3) is 4.58. The number of methoxy groups -OCH3 is 1. The lowest BCUT2D eigenvalue weighted by molar-refractivity contribution is -0.115. The Kier molecular flexibility index (Phi) is 5.98. The van der Waals surface area contributed by atoms with E-state index in [2.05, 4.69) is 26.6 Å². The van der Waals surface area contributed by atoms with E-state index in [4.69, 9.17) is 4.74 Å². The number of carbonyl (C=O) groups is 1. The molecule has 2 aromatic rings. The van der Waals surface area contributed by atoms with Crippen LogP contribution in [0.4, 0.5) is 5.69 Å². The number of anilines is 1. The van der Waals surface area contributed by atoms with Crippen LogP contribution in [0.5, 0.6) is 5.75 Å². The Morgan fingerprint density at radius 1 is 1.23 bits per heavy atom. The van der Waals surface area contributed by atoms with E-state index in [1.807, 2.05) is 49.4 Å². The van der Waals surface area contributed by atoms with Gasteiger partial charge in [0.05, 0.1) is 13.7 Å². The molecule has 0 fully saturated rings. The summed E-state index contributed by atoms with van der Waals surface area (Å²) in [6.45, 7) is 2.82. The number of nitrogens with one attached hydrogen (secondary N) is 2. The quantitative estimate of drug-likeness (QED) is 0.826. The minimum atomic E-state index is -0.0781. The maximum Gasteiger partial charge on any atom is 0.238 e. The van der Waals surface area contributed by atoms with E-state index in [9.17, 15) is 4.79 Å². The molecule has 116 valence electrons. The van der Waals surface area contributed by atoms with Crippen LogP contribution in [0.2, 0.25) is 0 Å². The van der Waals surface area contributed by atoms with Crippen LogP contribution in [0.25, 0.3) is 0 Å². The predicted octanol–water partition coefficient (Wildman–Crippen LogP) is 3.49. The van der Waals surface area contributed by atoms with E-state index in [1.165, 1.54) is 0 Å². The number of halogens is 1. The summed E-state index contributed by atoms with van der Waals surface area (Å²) in [5.74, 6) is 0.739. The Bertz CT molecular complexity index is 659. The van der Waals surface area contributed by atoms with Crippen molar-refractivity contribution in [2.75, 3.05) is 19.0 Å². The molecule has 0 bridgehead atoms. The first-order valence-electron chi connectivity index (χ1n) is 6.99. The molecule has 2 N–H and O–H groups in total. The Hall–Kier alpha value is -1.85. The van der Waals surface area contributed by atoms with Gasteiger partial charge < -0.3 is 15.4 Å². The van der Waals surface area contributed by atoms with Gasteiger partial charge in [-0.2, -0.15) is 0 Å². The smallest absolute Gasteiger partial charge is 0.238 e. The van der Waals surface area contributed by atoms with Gasteiger partial charge in [-0.15, -0.1) is 0 Å². The van der Waals surface area contributed by atoms with Gasteiger partial charge in [-0.05, 0) is 30.7 Å². The summed E-state index contributed by atoms with van der Waals surface area (Å²) in [4.78, 5) is 11.9. The van der Waals surface area contributed by atoms with Crippen LogP contribution in [-0.2, 0) is 11.3 Å². The van der Waals surface area contributed by atoms with Crippen LogP contribution < -0.4 is 15.4 Å². The van der Waals surface area contributed by atoms with Gasteiger partial charge in [0.25, 0.3) is 0 Å². The molecular weight excluding hydrogens is 344 g/mol. The molecule has 0 spiro atoms. The van der Waals surface area contributed by atoms with E-state index in [0.29, 0.717) is 6.54 Å². The molecule has 0 aromatic heterocycles. The molecule has 5 heteroatoms. The Balaban J connectivity index is 1.84. The fourth-order valence-corrected chi connectivity index (χ4v) is 2.41. The van der Waals surface area contributed by atoms with E-state index in [0.717, 1.165) is 27.0 Å². The Labute approximate surface area is 139 Å². The first kappa shape index (κ1) is 16.5. The van der Waals surface area contributed by atoms with Crippen molar-refractivity contribution in [3.8, 4) is 5.75 Å². The second kappa shape index (κ2) is 7.96. The molecule has 0 unspecified atom stereocenters. The minimum absolute atomic E-state index is 0.0781. The van der Waals surface area contributed by atoms with Crippen LogP contribution >= 0.6 is 15.9 Å². The maximum absolute atomic E-state index is 11.9. The largest absolute Gasteiger partial charge is 0.496 e. The van der Waals surface area contributed by atoms with Crippen LogP contribution in [0.15, 0.2) is 46.9 Å². The first-order valence-corrected chi connectivity index (χ1v) is 7.78. The van der Waals surface area contributed by atoms with Gasteiger partial charge in [0.1, 0.15) is 5.75 Å². The number of carbonyl (C=O) groups excluding carboxylic acids is 1. The molecule has 0 radical (unpaired) electrons. The molecule has 4 nitrogen and oxygen atoms in total. The summed E-state index contributed by atoms with van der Waals surface area (Å²) < 4.78 is 6.26. The van der Waals surface area contributed by atoms with Gasteiger partial charge in [0.2, 0.25) is 5.91 Å². The fraction of sp³-hybridized carbons (Fsp3) is 0.235. The molecule has 1 amide bonds. The molecule has 0 aliphatic rings. The van der Waals surface area contributed by atoms with Crippen molar-refractivity contribution in [3.63, 3.8) is 0 Å². The zero-order valence-corrected chi connectivity index (χ0v) is 14.2. The van der Waals surface area contributed by atoms with Crippen LogP contribution in [0.3, 0.4) is 0 Å². The zero-order chi connectivity index (χ0) is 15.9. The minimum Gasteiger partial charge on any atom is -0.496 e. The van der Waals surface area contributed by atoms with Gasteiger partial charge in [-0.3, -0.25) is 4.79 Å². The number of amides is 1. The van der Waals surface area contributed by atoms with Crippen molar-refractivity contribution in [1.29, 1.82) is 0 Å². The van der Waals surface area contributed by atoms with Gasteiger partial charge in [0, 0.05) is 22.3 Å². The summed E-state index contributed by atoms with van der Waals surface area (Å²) in [5, 5.41) is 5.98. The number of aryl methyl sites for hydroxylation is 1. The highest BCUT2D eigenvalue weighted by Gasteiger charge is 2.05. The van der Waals surface area contributed by atoms with E-state index < -0.39 is 0 Å². The SMILES string of the molecule is COc1ccccc1CNCC(=O)Nc1ccc(C)c(Br)c1. The summed E-state index contributed by atoms with van der Waals surface area (Å²) in [6, 6.07) is 13.5. The normalized spacial score (nSPS) is 10.3. The van der Waals surface area contributed by atoms with E-state index >= 15 is 0 Å². The van der Waals surface area contributed by atoms with E-state index in [-0.39, 0.29) is 12.5 Å². The molecule has 0 aliphatic heterocycles. The number of hydrogen-bond donors (Lipinski definition) is 2. The Morgan fingerprint density at radius 3 is 2.73 bits per heavy atom. The van der Waals surface area contributed by atoms with Gasteiger partial charge in [0.15, 0.2) is 0 Å². The number of hydrogen-bond acceptors (Lipinski definition) is 3. The van der Waals surface area contributed by atoms with Crippen LogP contribution in [0.1, 0.15) is 11.1 Å². The van der Waals surface area contributed by atoms with Crippen LogP contribution in [-0.4, -0.2) is 19.6 Å². The van der Waals surface area contributed by atoms with Crippen molar-refractivity contribution in [2.24, 2.45) is 0 Å². The van der Waals surface area contributed by atoms with Crippen molar-refractivity contribution < 1.29 is 9.53 Å². The van der Waals surface area contributed by atoms with Crippen LogP contribution in [0, 0.1) is 6.92 Å². The lowest BCUT2D eigenvalue weighted by Gasteiger charge is -2.10. The lowest BCUT2D eigenvalue weighted by Crippen LogP contribution is -2.27. The maximum atomic E-state index is 11.9. The summed E-state index contributed by atoms with van der Waals surface area (Å²) >= 11 is 3.45. The van der Waals surface area contributed by atoms with Crippen molar-refractivity contribution in [2.45, 2.75) is 13.5 Å². The summed E-state index contributed by atoms with van der Waals surface area (Å²) in [5.41, 5.74) is 2.93. The van der Waals surface area contributed by atoms with Crippen molar-refractivity contribution in [3.05, 3.63) is 58.1 Å². The standard InChI is InChI=1S/C17H19BrN2O2/c1-12-7-8-14(9-15(12)18)20-17(21)11-19-10-13-5-3-4-6-16(13)22-2/h3-9,19H,10-11H2,1-2H3,(H,20,21). The molecule has 0 aliphatic carbocycles. The number of para-hydroxylation sites is 1. The molecule has 0 heterocycles. The molecule has 2 rings (SSSR count). The molecule has 0 saturated carbocycles.